The molecule has 0 fully saturated rings. The average molecular weight is 273 g/mol. The fourth-order valence-corrected chi connectivity index (χ4v) is 2.49. The van der Waals surface area contributed by atoms with Crippen molar-refractivity contribution in [2.45, 2.75) is 58.9 Å². The summed E-state index contributed by atoms with van der Waals surface area (Å²) in [5.74, 6) is 0. The number of benzene rings is 1. The third-order valence-corrected chi connectivity index (χ3v) is 3.73. The van der Waals surface area contributed by atoms with E-state index in [1.54, 1.807) is 0 Å². The van der Waals surface area contributed by atoms with E-state index >= 15 is 0 Å². The summed E-state index contributed by atoms with van der Waals surface area (Å²) in [6.45, 7) is 6.60. The van der Waals surface area contributed by atoms with Crippen LogP contribution >= 0.6 is 0 Å². The number of imidazole rings is 1. The topological polar surface area (TPSA) is 29.9 Å². The van der Waals surface area contributed by atoms with Gasteiger partial charge < -0.3 is 9.88 Å². The predicted molar refractivity (Wildman–Crippen MR) is 87.3 cm³/mol. The van der Waals surface area contributed by atoms with Crippen molar-refractivity contribution in [1.29, 1.82) is 0 Å². The second kappa shape index (κ2) is 7.93. The molecule has 0 bridgehead atoms. The van der Waals surface area contributed by atoms with Crippen molar-refractivity contribution in [3.63, 3.8) is 0 Å². The number of anilines is 1. The first-order valence-corrected chi connectivity index (χ1v) is 8.04. The van der Waals surface area contributed by atoms with Crippen LogP contribution in [0, 0.1) is 0 Å². The first-order valence-electron chi connectivity index (χ1n) is 8.04. The van der Waals surface area contributed by atoms with Crippen LogP contribution in [0.1, 0.15) is 52.4 Å². The van der Waals surface area contributed by atoms with Gasteiger partial charge in [-0.2, -0.15) is 0 Å². The Balaban J connectivity index is 1.96. The van der Waals surface area contributed by atoms with Crippen LogP contribution in [0.3, 0.4) is 0 Å². The average Bonchev–Trinajstić information content (AvgIpc) is 2.87. The standard InChI is InChI=1S/C17H27N3/c1-3-5-7-11-18-15-9-10-17-16(13-15)19-14-20(17)12-8-6-4-2/h9-10,13-14,18H,3-8,11-12H2,1-2H3. The SMILES string of the molecule is CCCCCNc1ccc2c(c1)ncn2CCCCC. The Labute approximate surface area is 122 Å². The van der Waals surface area contributed by atoms with Gasteiger partial charge in [-0.3, -0.25) is 0 Å². The molecule has 0 atom stereocenters. The Morgan fingerprint density at radius 2 is 1.85 bits per heavy atom. The van der Waals surface area contributed by atoms with Gasteiger partial charge in [-0.25, -0.2) is 4.98 Å². The molecule has 0 saturated carbocycles. The highest BCUT2D eigenvalue weighted by atomic mass is 15.0. The van der Waals surface area contributed by atoms with E-state index in [-0.39, 0.29) is 0 Å². The zero-order chi connectivity index (χ0) is 14.2. The summed E-state index contributed by atoms with van der Waals surface area (Å²) in [5.41, 5.74) is 3.54. The Hall–Kier alpha value is -1.51. The van der Waals surface area contributed by atoms with Crippen LogP contribution in [0.5, 0.6) is 0 Å². The Morgan fingerprint density at radius 1 is 1.05 bits per heavy atom. The zero-order valence-electron chi connectivity index (χ0n) is 12.9. The lowest BCUT2D eigenvalue weighted by Crippen LogP contribution is -2.01. The summed E-state index contributed by atoms with van der Waals surface area (Å²) in [6, 6.07) is 6.53. The highest BCUT2D eigenvalue weighted by Crippen LogP contribution is 2.19. The number of hydrogen-bond acceptors (Lipinski definition) is 2. The molecular formula is C17H27N3. The van der Waals surface area contributed by atoms with Gasteiger partial charge in [0, 0.05) is 18.8 Å². The minimum absolute atomic E-state index is 1.05. The van der Waals surface area contributed by atoms with Crippen LogP contribution in [0.2, 0.25) is 0 Å². The monoisotopic (exact) mass is 273 g/mol. The molecule has 0 unspecified atom stereocenters. The molecule has 3 nitrogen and oxygen atoms in total. The van der Waals surface area contributed by atoms with Crippen molar-refractivity contribution in [2.75, 3.05) is 11.9 Å². The third kappa shape index (κ3) is 3.99. The van der Waals surface area contributed by atoms with Crippen molar-refractivity contribution < 1.29 is 0 Å². The Morgan fingerprint density at radius 3 is 2.65 bits per heavy atom. The molecule has 0 radical (unpaired) electrons. The lowest BCUT2D eigenvalue weighted by molar-refractivity contribution is 0.613. The van der Waals surface area contributed by atoms with Crippen LogP contribution in [0.4, 0.5) is 5.69 Å². The van der Waals surface area contributed by atoms with Gasteiger partial charge in [-0.15, -0.1) is 0 Å². The molecule has 3 heteroatoms. The normalized spacial score (nSPS) is 11.1. The lowest BCUT2D eigenvalue weighted by Gasteiger charge is -2.07. The van der Waals surface area contributed by atoms with Crippen LogP contribution in [0.25, 0.3) is 11.0 Å². The molecule has 0 saturated heterocycles. The maximum Gasteiger partial charge on any atom is 0.0958 e. The predicted octanol–water partition coefficient (Wildman–Crippen LogP) is 4.83. The summed E-state index contributed by atoms with van der Waals surface area (Å²) in [4.78, 5) is 4.53. The Kier molecular flexibility index (Phi) is 5.90. The maximum atomic E-state index is 4.53. The summed E-state index contributed by atoms with van der Waals surface area (Å²) in [7, 11) is 0. The van der Waals surface area contributed by atoms with Gasteiger partial charge in [0.25, 0.3) is 0 Å². The van der Waals surface area contributed by atoms with Gasteiger partial charge in [-0.05, 0) is 31.0 Å². The van der Waals surface area contributed by atoms with E-state index in [2.05, 4.69) is 46.9 Å². The molecule has 2 rings (SSSR count). The van der Waals surface area contributed by atoms with Crippen LogP contribution in [-0.2, 0) is 6.54 Å². The minimum atomic E-state index is 1.05. The number of hydrogen-bond donors (Lipinski definition) is 1. The molecule has 0 spiro atoms. The molecule has 0 aliphatic carbocycles. The summed E-state index contributed by atoms with van der Waals surface area (Å²) < 4.78 is 2.27. The number of unbranched alkanes of at least 4 members (excludes halogenated alkanes) is 4. The van der Waals surface area contributed by atoms with Crippen molar-refractivity contribution in [3.8, 4) is 0 Å². The molecule has 2 aromatic rings. The van der Waals surface area contributed by atoms with E-state index in [0.717, 1.165) is 18.6 Å². The van der Waals surface area contributed by atoms with Crippen LogP contribution in [0.15, 0.2) is 24.5 Å². The van der Waals surface area contributed by atoms with Crippen molar-refractivity contribution in [1.82, 2.24) is 9.55 Å². The molecule has 0 aliphatic heterocycles. The zero-order valence-corrected chi connectivity index (χ0v) is 12.9. The minimum Gasteiger partial charge on any atom is -0.385 e. The number of rotatable bonds is 9. The fraction of sp³-hybridized carbons (Fsp3) is 0.588. The largest absolute Gasteiger partial charge is 0.385 e. The number of nitrogens with one attached hydrogen (secondary N) is 1. The van der Waals surface area contributed by atoms with Crippen LogP contribution in [-0.4, -0.2) is 16.1 Å². The second-order valence-electron chi connectivity index (χ2n) is 5.48. The highest BCUT2D eigenvalue weighted by Gasteiger charge is 2.03. The molecule has 110 valence electrons. The molecule has 0 aliphatic rings. The molecule has 1 aromatic heterocycles. The Bertz CT molecular complexity index is 516. The fourth-order valence-electron chi connectivity index (χ4n) is 2.49. The third-order valence-electron chi connectivity index (χ3n) is 3.73. The smallest absolute Gasteiger partial charge is 0.0958 e. The van der Waals surface area contributed by atoms with Crippen LogP contribution < -0.4 is 5.32 Å². The quantitative estimate of drug-likeness (QED) is 0.663. The molecule has 20 heavy (non-hydrogen) atoms. The molecular weight excluding hydrogens is 246 g/mol. The molecule has 1 heterocycles. The van der Waals surface area contributed by atoms with Gasteiger partial charge in [0.2, 0.25) is 0 Å². The maximum absolute atomic E-state index is 4.53. The van der Waals surface area contributed by atoms with Gasteiger partial charge >= 0.3 is 0 Å². The number of aromatic nitrogens is 2. The van der Waals surface area contributed by atoms with E-state index in [0.29, 0.717) is 0 Å². The van der Waals surface area contributed by atoms with Crippen molar-refractivity contribution in [3.05, 3.63) is 24.5 Å². The first kappa shape index (κ1) is 14.9. The molecule has 1 N–H and O–H groups in total. The number of fused-ring (bicyclic) bond motifs is 1. The number of nitrogens with zero attached hydrogens (tertiary/aromatic N) is 2. The van der Waals surface area contributed by atoms with E-state index in [9.17, 15) is 0 Å². The summed E-state index contributed by atoms with van der Waals surface area (Å²) >= 11 is 0. The van der Waals surface area contributed by atoms with Crippen molar-refractivity contribution in [2.24, 2.45) is 0 Å². The molecule has 1 aromatic carbocycles. The summed E-state index contributed by atoms with van der Waals surface area (Å²) in [5, 5.41) is 3.48. The van der Waals surface area contributed by atoms with Crippen molar-refractivity contribution >= 4 is 16.7 Å². The van der Waals surface area contributed by atoms with Gasteiger partial charge in [0.1, 0.15) is 0 Å². The first-order chi connectivity index (χ1) is 9.85. The highest BCUT2D eigenvalue weighted by molar-refractivity contribution is 5.79. The van der Waals surface area contributed by atoms with Gasteiger partial charge in [0.15, 0.2) is 0 Å². The van der Waals surface area contributed by atoms with Gasteiger partial charge in [0.05, 0.1) is 17.4 Å². The van der Waals surface area contributed by atoms with E-state index in [4.69, 9.17) is 0 Å². The second-order valence-corrected chi connectivity index (χ2v) is 5.48. The molecule has 0 amide bonds. The van der Waals surface area contributed by atoms with Gasteiger partial charge in [-0.1, -0.05) is 39.5 Å². The summed E-state index contributed by atoms with van der Waals surface area (Å²) in [6.07, 6.45) is 9.56. The lowest BCUT2D eigenvalue weighted by atomic mass is 10.2. The van der Waals surface area contributed by atoms with E-state index in [1.807, 2.05) is 6.33 Å². The van der Waals surface area contributed by atoms with E-state index < -0.39 is 0 Å². The van der Waals surface area contributed by atoms with E-state index in [1.165, 1.54) is 49.7 Å². The number of aryl methyl sites for hydroxylation is 1.